The van der Waals surface area contributed by atoms with Gasteiger partial charge in [-0.15, -0.1) is 0 Å². The highest BCUT2D eigenvalue weighted by Gasteiger charge is 2.44. The average Bonchev–Trinajstić information content (AvgIpc) is 3.55. The van der Waals surface area contributed by atoms with Crippen LogP contribution in [0.4, 0.5) is 4.79 Å². The van der Waals surface area contributed by atoms with Crippen LogP contribution in [0.2, 0.25) is 0 Å². The van der Waals surface area contributed by atoms with Crippen molar-refractivity contribution in [1.82, 2.24) is 4.90 Å². The van der Waals surface area contributed by atoms with Crippen molar-refractivity contribution in [3.8, 4) is 11.1 Å². The van der Waals surface area contributed by atoms with Gasteiger partial charge in [0.05, 0.1) is 19.3 Å². The molecule has 0 saturated carbocycles. The Morgan fingerprint density at radius 2 is 1.85 bits per heavy atom. The van der Waals surface area contributed by atoms with Crippen LogP contribution < -0.4 is 0 Å². The number of hydrogen-bond donors (Lipinski definition) is 1. The molecule has 1 aliphatic rings. The SMILES string of the molecule is Cc1cccc(-c2cc(C(=O)C(Cc3ccccc3)C(=O)N3C(=O)OCC3C(C)C)oc2CCCOCCO)c1. The number of imide groups is 1. The number of cyclic esters (lactones) is 1. The number of hydrogen-bond acceptors (Lipinski definition) is 7. The van der Waals surface area contributed by atoms with Crippen molar-refractivity contribution in [2.75, 3.05) is 26.4 Å². The molecule has 1 aromatic heterocycles. The van der Waals surface area contributed by atoms with Gasteiger partial charge in [0.25, 0.3) is 0 Å². The van der Waals surface area contributed by atoms with Crippen molar-refractivity contribution in [3.05, 3.63) is 83.3 Å². The number of benzene rings is 2. The van der Waals surface area contributed by atoms with E-state index >= 15 is 0 Å². The molecular weight excluding hydrogens is 510 g/mol. The number of ketones is 1. The summed E-state index contributed by atoms with van der Waals surface area (Å²) in [6.45, 7) is 6.57. The standard InChI is InChI=1S/C32H37NO7/c1-21(2)27-20-39-32(37)33(27)31(36)26(18-23-10-5-4-6-11-23)30(35)29-19-25(24-12-7-9-22(3)17-24)28(40-29)13-8-15-38-16-14-34/h4-7,9-12,17,19,21,26-27,34H,8,13-16,18,20H2,1-3H3. The number of aliphatic hydroxyl groups excluding tert-OH is 1. The van der Waals surface area contributed by atoms with Crippen LogP contribution in [0.15, 0.2) is 65.1 Å². The third kappa shape index (κ3) is 6.87. The van der Waals surface area contributed by atoms with Crippen molar-refractivity contribution in [3.63, 3.8) is 0 Å². The number of amides is 2. The maximum Gasteiger partial charge on any atom is 0.417 e. The van der Waals surface area contributed by atoms with Gasteiger partial charge >= 0.3 is 6.09 Å². The lowest BCUT2D eigenvalue weighted by Gasteiger charge is -2.26. The van der Waals surface area contributed by atoms with Crippen LogP contribution in [0.3, 0.4) is 0 Å². The minimum atomic E-state index is -1.16. The Bertz CT molecular complexity index is 1310. The third-order valence-corrected chi connectivity index (χ3v) is 7.12. The number of carbonyl (C=O) groups is 3. The van der Waals surface area contributed by atoms with E-state index in [-0.39, 0.29) is 37.9 Å². The molecule has 0 aliphatic carbocycles. The smallest absolute Gasteiger partial charge is 0.417 e. The van der Waals surface area contributed by atoms with E-state index in [4.69, 9.17) is 19.0 Å². The number of aryl methyl sites for hydroxylation is 2. The number of nitrogens with zero attached hydrogens (tertiary/aromatic N) is 1. The monoisotopic (exact) mass is 547 g/mol. The summed E-state index contributed by atoms with van der Waals surface area (Å²) >= 11 is 0. The number of furan rings is 1. The lowest BCUT2D eigenvalue weighted by Crippen LogP contribution is -2.47. The van der Waals surface area contributed by atoms with Crippen molar-refractivity contribution >= 4 is 17.8 Å². The van der Waals surface area contributed by atoms with E-state index in [9.17, 15) is 14.4 Å². The van der Waals surface area contributed by atoms with Crippen LogP contribution in [0, 0.1) is 18.8 Å². The zero-order valence-electron chi connectivity index (χ0n) is 23.3. The first-order chi connectivity index (χ1) is 19.3. The van der Waals surface area contributed by atoms with Gasteiger partial charge in [-0.25, -0.2) is 9.69 Å². The maximum atomic E-state index is 14.1. The van der Waals surface area contributed by atoms with Crippen LogP contribution in [0.25, 0.3) is 11.1 Å². The molecule has 0 bridgehead atoms. The second kappa shape index (κ2) is 13.5. The van der Waals surface area contributed by atoms with Crippen LogP contribution >= 0.6 is 0 Å². The Hall–Kier alpha value is -3.75. The minimum absolute atomic E-state index is 0.0286. The zero-order valence-corrected chi connectivity index (χ0v) is 23.3. The fraction of sp³-hybridized carbons (Fsp3) is 0.406. The molecule has 0 spiro atoms. The summed E-state index contributed by atoms with van der Waals surface area (Å²) in [5.74, 6) is -1.56. The summed E-state index contributed by atoms with van der Waals surface area (Å²) < 4.78 is 16.8. The second-order valence-corrected chi connectivity index (χ2v) is 10.5. The Balaban J connectivity index is 1.69. The molecule has 3 aromatic rings. The Kier molecular flexibility index (Phi) is 9.90. The summed E-state index contributed by atoms with van der Waals surface area (Å²) in [7, 11) is 0. The first-order valence-electron chi connectivity index (χ1n) is 13.8. The first-order valence-corrected chi connectivity index (χ1v) is 13.8. The number of carbonyl (C=O) groups excluding carboxylic acids is 3. The Morgan fingerprint density at radius 3 is 2.55 bits per heavy atom. The molecule has 1 fully saturated rings. The van der Waals surface area contributed by atoms with Crippen LogP contribution in [0.1, 0.15) is 47.7 Å². The fourth-order valence-electron chi connectivity index (χ4n) is 4.96. The van der Waals surface area contributed by atoms with Crippen molar-refractivity contribution < 1.29 is 33.4 Å². The van der Waals surface area contributed by atoms with E-state index in [0.29, 0.717) is 25.2 Å². The predicted octanol–water partition coefficient (Wildman–Crippen LogP) is 5.24. The Labute approximate surface area is 234 Å². The van der Waals surface area contributed by atoms with E-state index in [2.05, 4.69) is 0 Å². The highest BCUT2D eigenvalue weighted by atomic mass is 16.6. The molecule has 2 atom stereocenters. The van der Waals surface area contributed by atoms with Gasteiger partial charge in [-0.2, -0.15) is 0 Å². The van der Waals surface area contributed by atoms with E-state index in [1.54, 1.807) is 6.07 Å². The molecule has 40 heavy (non-hydrogen) atoms. The van der Waals surface area contributed by atoms with Gasteiger partial charge < -0.3 is 19.0 Å². The molecule has 0 radical (unpaired) electrons. The molecule has 1 aliphatic heterocycles. The van der Waals surface area contributed by atoms with Gasteiger partial charge in [-0.05, 0) is 42.9 Å². The van der Waals surface area contributed by atoms with Gasteiger partial charge in [0.1, 0.15) is 18.3 Å². The number of Topliss-reactive ketones (excluding diaryl/α,β-unsaturated/α-hetero) is 1. The van der Waals surface area contributed by atoms with E-state index in [1.165, 1.54) is 0 Å². The molecule has 8 heteroatoms. The fourth-order valence-corrected chi connectivity index (χ4v) is 4.96. The quantitative estimate of drug-likeness (QED) is 0.177. The minimum Gasteiger partial charge on any atom is -0.457 e. The average molecular weight is 548 g/mol. The highest BCUT2D eigenvalue weighted by molar-refractivity contribution is 6.12. The molecular formula is C32H37NO7. The largest absolute Gasteiger partial charge is 0.457 e. The van der Waals surface area contributed by atoms with E-state index in [1.807, 2.05) is 75.4 Å². The second-order valence-electron chi connectivity index (χ2n) is 10.5. The maximum absolute atomic E-state index is 14.1. The summed E-state index contributed by atoms with van der Waals surface area (Å²) in [4.78, 5) is 41.7. The van der Waals surface area contributed by atoms with E-state index in [0.717, 1.165) is 27.2 Å². The van der Waals surface area contributed by atoms with Crippen LogP contribution in [-0.4, -0.2) is 60.3 Å². The predicted molar refractivity (Wildman–Crippen MR) is 150 cm³/mol. The topological polar surface area (TPSA) is 106 Å². The van der Waals surface area contributed by atoms with E-state index < -0.39 is 29.7 Å². The molecule has 1 saturated heterocycles. The summed E-state index contributed by atoms with van der Waals surface area (Å²) in [6, 6.07) is 18.4. The van der Waals surface area contributed by atoms with Crippen LogP contribution in [0.5, 0.6) is 0 Å². The molecule has 2 amide bonds. The highest BCUT2D eigenvalue weighted by Crippen LogP contribution is 2.32. The molecule has 4 rings (SSSR count). The Morgan fingerprint density at radius 1 is 1.07 bits per heavy atom. The lowest BCUT2D eigenvalue weighted by molar-refractivity contribution is -0.132. The molecule has 8 nitrogen and oxygen atoms in total. The van der Waals surface area contributed by atoms with Crippen molar-refractivity contribution in [2.24, 2.45) is 11.8 Å². The number of ether oxygens (including phenoxy) is 2. The summed E-state index contributed by atoms with van der Waals surface area (Å²) in [6.07, 6.45) is 0.533. The molecule has 2 heterocycles. The molecule has 2 unspecified atom stereocenters. The van der Waals surface area contributed by atoms with Gasteiger partial charge in [0, 0.05) is 18.6 Å². The summed E-state index contributed by atoms with van der Waals surface area (Å²) in [5.41, 5.74) is 3.55. The summed E-state index contributed by atoms with van der Waals surface area (Å²) in [5, 5.41) is 8.97. The number of aliphatic hydroxyl groups is 1. The molecule has 2 aromatic carbocycles. The zero-order chi connectivity index (χ0) is 28.6. The third-order valence-electron chi connectivity index (χ3n) is 7.12. The van der Waals surface area contributed by atoms with Crippen molar-refractivity contribution in [2.45, 2.75) is 46.1 Å². The first kappa shape index (κ1) is 29.2. The van der Waals surface area contributed by atoms with Gasteiger partial charge in [-0.3, -0.25) is 9.59 Å². The molecule has 1 N–H and O–H groups in total. The lowest BCUT2D eigenvalue weighted by atomic mass is 9.91. The van der Waals surface area contributed by atoms with Gasteiger partial charge in [0.15, 0.2) is 5.76 Å². The van der Waals surface area contributed by atoms with Gasteiger partial charge in [-0.1, -0.05) is 74.0 Å². The normalized spacial score (nSPS) is 15.9. The van der Waals surface area contributed by atoms with Crippen LogP contribution in [-0.2, 0) is 27.1 Å². The number of rotatable bonds is 13. The van der Waals surface area contributed by atoms with Gasteiger partial charge in [0.2, 0.25) is 11.7 Å². The van der Waals surface area contributed by atoms with Crippen molar-refractivity contribution in [1.29, 1.82) is 0 Å². The molecule has 212 valence electrons.